The first-order valence-corrected chi connectivity index (χ1v) is 8.28. The molecule has 0 saturated heterocycles. The molecule has 0 amide bonds. The fourth-order valence-corrected chi connectivity index (χ4v) is 2.36. The Labute approximate surface area is 137 Å². The third kappa shape index (κ3) is 5.11. The highest BCUT2D eigenvalue weighted by Gasteiger charge is 2.41. The van der Waals surface area contributed by atoms with Crippen LogP contribution in [-0.4, -0.2) is 24.5 Å². The van der Waals surface area contributed by atoms with E-state index in [0.29, 0.717) is 0 Å². The summed E-state index contributed by atoms with van der Waals surface area (Å²) in [6.45, 7) is -0.593. The van der Waals surface area contributed by atoms with Crippen molar-refractivity contribution in [3.8, 4) is 5.75 Å². The molecule has 0 aliphatic rings. The molecule has 12 heteroatoms. The molecule has 0 unspecified atom stereocenters. The average Bonchev–Trinajstić information content (AvgIpc) is 2.83. The average molecular weight is 388 g/mol. The molecule has 1 aromatic heterocycles. The SMILES string of the molecule is CS(=O)(=O)Oc1ccc(Cn2nc(C(F)(F)F)cc2C(F)(F)F)cc1. The number of alkyl halides is 6. The summed E-state index contributed by atoms with van der Waals surface area (Å²) in [7, 11) is -3.78. The van der Waals surface area contributed by atoms with E-state index < -0.39 is 40.4 Å². The van der Waals surface area contributed by atoms with E-state index in [1.165, 1.54) is 12.1 Å². The molecule has 0 radical (unpaired) electrons. The number of hydrogen-bond donors (Lipinski definition) is 0. The van der Waals surface area contributed by atoms with Gasteiger partial charge in [0.1, 0.15) is 11.4 Å². The molecular weight excluding hydrogens is 378 g/mol. The predicted molar refractivity (Wildman–Crippen MR) is 73.2 cm³/mol. The van der Waals surface area contributed by atoms with Gasteiger partial charge in [-0.1, -0.05) is 12.1 Å². The van der Waals surface area contributed by atoms with Crippen molar-refractivity contribution < 1.29 is 38.9 Å². The summed E-state index contributed by atoms with van der Waals surface area (Å²) in [5, 5.41) is 2.97. The van der Waals surface area contributed by atoms with Crippen LogP contribution in [0.2, 0.25) is 0 Å². The van der Waals surface area contributed by atoms with Crippen LogP contribution in [0.4, 0.5) is 26.3 Å². The lowest BCUT2D eigenvalue weighted by atomic mass is 10.2. The standard InChI is InChI=1S/C13H10F6N2O3S/c1-25(22,23)24-9-4-2-8(3-5-9)7-21-11(13(17,18)19)6-10(20-21)12(14,15)16/h2-6H,7H2,1H3. The molecule has 0 fully saturated rings. The number of aromatic nitrogens is 2. The predicted octanol–water partition coefficient (Wildman–Crippen LogP) is 3.31. The van der Waals surface area contributed by atoms with Gasteiger partial charge in [-0.15, -0.1) is 0 Å². The molecule has 0 N–H and O–H groups in total. The topological polar surface area (TPSA) is 61.2 Å². The molecule has 2 rings (SSSR count). The second-order valence-corrected chi connectivity index (χ2v) is 6.57. The third-order valence-corrected chi connectivity index (χ3v) is 3.36. The first kappa shape index (κ1) is 19.1. The third-order valence-electron chi connectivity index (χ3n) is 2.86. The van der Waals surface area contributed by atoms with E-state index >= 15 is 0 Å². The second-order valence-electron chi connectivity index (χ2n) is 5.00. The van der Waals surface area contributed by atoms with Crippen LogP contribution in [0.5, 0.6) is 5.75 Å². The van der Waals surface area contributed by atoms with E-state index in [1.807, 2.05) is 0 Å². The van der Waals surface area contributed by atoms with Gasteiger partial charge in [-0.05, 0) is 17.7 Å². The van der Waals surface area contributed by atoms with Gasteiger partial charge in [0.15, 0.2) is 5.69 Å². The van der Waals surface area contributed by atoms with Crippen molar-refractivity contribution in [3.63, 3.8) is 0 Å². The minimum absolute atomic E-state index is 0.0683. The lowest BCUT2D eigenvalue weighted by molar-refractivity contribution is -0.144. The first-order valence-electron chi connectivity index (χ1n) is 6.46. The van der Waals surface area contributed by atoms with Gasteiger partial charge in [0.25, 0.3) is 0 Å². The number of hydrogen-bond acceptors (Lipinski definition) is 4. The van der Waals surface area contributed by atoms with Crippen LogP contribution < -0.4 is 4.18 Å². The van der Waals surface area contributed by atoms with Crippen LogP contribution in [0.25, 0.3) is 0 Å². The fourth-order valence-electron chi connectivity index (χ4n) is 1.90. The number of benzene rings is 1. The Morgan fingerprint density at radius 1 is 1.04 bits per heavy atom. The molecule has 0 saturated carbocycles. The van der Waals surface area contributed by atoms with Gasteiger partial charge >= 0.3 is 22.5 Å². The minimum Gasteiger partial charge on any atom is -0.383 e. The van der Waals surface area contributed by atoms with Crippen LogP contribution in [0.1, 0.15) is 17.0 Å². The maximum Gasteiger partial charge on any atom is 0.435 e. The van der Waals surface area contributed by atoms with Crippen molar-refractivity contribution in [1.82, 2.24) is 9.78 Å². The highest BCUT2D eigenvalue weighted by atomic mass is 32.2. The van der Waals surface area contributed by atoms with Gasteiger partial charge in [-0.2, -0.15) is 39.9 Å². The van der Waals surface area contributed by atoms with E-state index in [4.69, 9.17) is 0 Å². The summed E-state index contributed by atoms with van der Waals surface area (Å²) in [5.74, 6) is -0.0845. The number of halogens is 6. The van der Waals surface area contributed by atoms with Gasteiger partial charge in [0.05, 0.1) is 12.8 Å². The molecule has 0 aliphatic carbocycles. The van der Waals surface area contributed by atoms with Gasteiger partial charge in [0.2, 0.25) is 0 Å². The molecule has 0 aliphatic heterocycles. The Kier molecular flexibility index (Phi) is 4.77. The number of nitrogens with zero attached hydrogens (tertiary/aromatic N) is 2. The summed E-state index contributed by atoms with van der Waals surface area (Å²) in [5.41, 5.74) is -3.03. The minimum atomic E-state index is -5.02. The van der Waals surface area contributed by atoms with Gasteiger partial charge in [-0.3, -0.25) is 4.68 Å². The molecule has 1 aromatic carbocycles. The van der Waals surface area contributed by atoms with E-state index in [0.717, 1.165) is 18.4 Å². The van der Waals surface area contributed by atoms with Gasteiger partial charge < -0.3 is 4.18 Å². The zero-order valence-electron chi connectivity index (χ0n) is 12.4. The maximum absolute atomic E-state index is 12.9. The Balaban J connectivity index is 2.32. The molecule has 0 spiro atoms. The van der Waals surface area contributed by atoms with Crippen molar-refractivity contribution in [1.29, 1.82) is 0 Å². The second kappa shape index (κ2) is 6.24. The Morgan fingerprint density at radius 3 is 2.04 bits per heavy atom. The van der Waals surface area contributed by atoms with Crippen molar-refractivity contribution in [2.24, 2.45) is 0 Å². The molecule has 138 valence electrons. The summed E-state index contributed by atoms with van der Waals surface area (Å²) in [6, 6.07) is 4.70. The van der Waals surface area contributed by atoms with E-state index in [9.17, 15) is 34.8 Å². The monoisotopic (exact) mass is 388 g/mol. The van der Waals surface area contributed by atoms with Crippen molar-refractivity contribution in [2.45, 2.75) is 18.9 Å². The van der Waals surface area contributed by atoms with E-state index in [1.54, 1.807) is 0 Å². The fraction of sp³-hybridized carbons (Fsp3) is 0.308. The highest BCUT2D eigenvalue weighted by molar-refractivity contribution is 7.86. The van der Waals surface area contributed by atoms with Crippen molar-refractivity contribution in [3.05, 3.63) is 47.3 Å². The summed E-state index contributed by atoms with van der Waals surface area (Å²) in [6.07, 6.45) is -9.23. The van der Waals surface area contributed by atoms with Crippen LogP contribution in [0.3, 0.4) is 0 Å². The Morgan fingerprint density at radius 2 is 1.60 bits per heavy atom. The number of rotatable bonds is 4. The van der Waals surface area contributed by atoms with E-state index in [-0.39, 0.29) is 22.1 Å². The lowest BCUT2D eigenvalue weighted by Gasteiger charge is -2.10. The van der Waals surface area contributed by atoms with Crippen LogP contribution >= 0.6 is 0 Å². The first-order chi connectivity index (χ1) is 11.3. The molecule has 2 aromatic rings. The molecule has 5 nitrogen and oxygen atoms in total. The molecule has 0 bridgehead atoms. The van der Waals surface area contributed by atoms with Crippen LogP contribution in [0, 0.1) is 0 Å². The zero-order valence-corrected chi connectivity index (χ0v) is 13.2. The van der Waals surface area contributed by atoms with E-state index in [2.05, 4.69) is 9.28 Å². The highest BCUT2D eigenvalue weighted by Crippen LogP contribution is 2.35. The summed E-state index contributed by atoms with van der Waals surface area (Å²) < 4.78 is 103. The molecule has 1 heterocycles. The molecular formula is C13H10F6N2O3S. The maximum atomic E-state index is 12.9. The molecule has 0 atom stereocenters. The van der Waals surface area contributed by atoms with Crippen LogP contribution in [-0.2, 0) is 29.0 Å². The summed E-state index contributed by atoms with van der Waals surface area (Å²) in [4.78, 5) is 0. The smallest absolute Gasteiger partial charge is 0.383 e. The van der Waals surface area contributed by atoms with Crippen molar-refractivity contribution in [2.75, 3.05) is 6.26 Å². The zero-order chi connectivity index (χ0) is 19.0. The molecule has 25 heavy (non-hydrogen) atoms. The largest absolute Gasteiger partial charge is 0.435 e. The summed E-state index contributed by atoms with van der Waals surface area (Å²) >= 11 is 0. The Hall–Kier alpha value is -2.24. The van der Waals surface area contributed by atoms with Crippen molar-refractivity contribution >= 4 is 10.1 Å². The quantitative estimate of drug-likeness (QED) is 0.596. The normalized spacial score (nSPS) is 13.1. The van der Waals surface area contributed by atoms with Crippen LogP contribution in [0.15, 0.2) is 30.3 Å². The Bertz CT molecular complexity index is 853. The lowest BCUT2D eigenvalue weighted by Crippen LogP contribution is -2.15. The van der Waals surface area contributed by atoms with Gasteiger partial charge in [-0.25, -0.2) is 0 Å². The van der Waals surface area contributed by atoms with Gasteiger partial charge in [0, 0.05) is 6.07 Å².